The van der Waals surface area contributed by atoms with E-state index in [9.17, 15) is 4.79 Å². The predicted octanol–water partition coefficient (Wildman–Crippen LogP) is 2.72. The van der Waals surface area contributed by atoms with Gasteiger partial charge in [-0.2, -0.15) is 0 Å². The normalized spacial score (nSPS) is 23.0. The SMILES string of the molecule is COC1CCCC1NC(=O)c1cccc(CCl)c1. The van der Waals surface area contributed by atoms with Gasteiger partial charge in [-0.05, 0) is 37.0 Å². The summed E-state index contributed by atoms with van der Waals surface area (Å²) in [5.41, 5.74) is 1.62. The Hall–Kier alpha value is -1.06. The Balaban J connectivity index is 2.02. The molecule has 0 bridgehead atoms. The van der Waals surface area contributed by atoms with E-state index in [2.05, 4.69) is 5.32 Å². The molecule has 18 heavy (non-hydrogen) atoms. The lowest BCUT2D eigenvalue weighted by atomic mass is 10.1. The number of amides is 1. The first kappa shape index (κ1) is 13.4. The molecule has 1 aliphatic carbocycles. The molecule has 1 N–H and O–H groups in total. The van der Waals surface area contributed by atoms with E-state index in [4.69, 9.17) is 16.3 Å². The molecule has 2 atom stereocenters. The van der Waals surface area contributed by atoms with Crippen LogP contribution in [-0.4, -0.2) is 25.2 Å². The average molecular weight is 268 g/mol. The van der Waals surface area contributed by atoms with E-state index in [0.29, 0.717) is 11.4 Å². The molecule has 1 amide bonds. The second kappa shape index (κ2) is 6.21. The second-order valence-corrected chi connectivity index (χ2v) is 4.89. The van der Waals surface area contributed by atoms with Crippen molar-refractivity contribution in [2.45, 2.75) is 37.3 Å². The number of alkyl halides is 1. The summed E-state index contributed by atoms with van der Waals surface area (Å²) in [4.78, 5) is 12.1. The number of rotatable bonds is 4. The smallest absolute Gasteiger partial charge is 0.251 e. The Morgan fingerprint density at radius 1 is 1.50 bits per heavy atom. The third-order valence-electron chi connectivity index (χ3n) is 3.42. The maximum absolute atomic E-state index is 12.1. The van der Waals surface area contributed by atoms with Gasteiger partial charge in [0, 0.05) is 18.6 Å². The molecule has 0 aliphatic heterocycles. The van der Waals surface area contributed by atoms with Crippen molar-refractivity contribution in [2.75, 3.05) is 7.11 Å². The van der Waals surface area contributed by atoms with Crippen LogP contribution in [0.3, 0.4) is 0 Å². The predicted molar refractivity (Wildman–Crippen MR) is 71.9 cm³/mol. The molecule has 0 spiro atoms. The van der Waals surface area contributed by atoms with Gasteiger partial charge in [-0.25, -0.2) is 0 Å². The molecule has 1 fully saturated rings. The summed E-state index contributed by atoms with van der Waals surface area (Å²) in [7, 11) is 1.70. The third-order valence-corrected chi connectivity index (χ3v) is 3.72. The van der Waals surface area contributed by atoms with Crippen molar-refractivity contribution in [1.82, 2.24) is 5.32 Å². The van der Waals surface area contributed by atoms with Crippen LogP contribution in [0.4, 0.5) is 0 Å². The molecular weight excluding hydrogens is 250 g/mol. The first-order valence-corrected chi connectivity index (χ1v) is 6.76. The Kier molecular flexibility index (Phi) is 4.61. The number of hydrogen-bond donors (Lipinski definition) is 1. The van der Waals surface area contributed by atoms with Crippen molar-refractivity contribution in [1.29, 1.82) is 0 Å². The molecular formula is C14H18ClNO2. The minimum Gasteiger partial charge on any atom is -0.379 e. The van der Waals surface area contributed by atoms with Crippen LogP contribution in [0, 0.1) is 0 Å². The van der Waals surface area contributed by atoms with Crippen LogP contribution in [0.1, 0.15) is 35.2 Å². The molecule has 2 rings (SSSR count). The highest BCUT2D eigenvalue weighted by atomic mass is 35.5. The Morgan fingerprint density at radius 2 is 2.33 bits per heavy atom. The van der Waals surface area contributed by atoms with Crippen LogP contribution in [0.15, 0.2) is 24.3 Å². The van der Waals surface area contributed by atoms with Crippen LogP contribution in [-0.2, 0) is 10.6 Å². The Labute approximate surface area is 112 Å². The molecule has 98 valence electrons. The summed E-state index contributed by atoms with van der Waals surface area (Å²) < 4.78 is 5.37. The molecule has 1 saturated carbocycles. The number of hydrogen-bond acceptors (Lipinski definition) is 2. The van der Waals surface area contributed by atoms with Gasteiger partial charge in [0.15, 0.2) is 0 Å². The zero-order valence-electron chi connectivity index (χ0n) is 10.5. The van der Waals surface area contributed by atoms with Gasteiger partial charge < -0.3 is 10.1 Å². The fourth-order valence-electron chi connectivity index (χ4n) is 2.42. The minimum atomic E-state index is -0.0454. The van der Waals surface area contributed by atoms with Gasteiger partial charge >= 0.3 is 0 Å². The van der Waals surface area contributed by atoms with Gasteiger partial charge in [0.25, 0.3) is 5.91 Å². The number of carbonyl (C=O) groups is 1. The molecule has 0 radical (unpaired) electrons. The van der Waals surface area contributed by atoms with Crippen LogP contribution in [0.2, 0.25) is 0 Å². The minimum absolute atomic E-state index is 0.0454. The highest BCUT2D eigenvalue weighted by Gasteiger charge is 2.28. The van der Waals surface area contributed by atoms with Crippen molar-refractivity contribution < 1.29 is 9.53 Å². The van der Waals surface area contributed by atoms with Crippen LogP contribution in [0.25, 0.3) is 0 Å². The van der Waals surface area contributed by atoms with E-state index in [1.54, 1.807) is 7.11 Å². The average Bonchev–Trinajstić information content (AvgIpc) is 2.86. The van der Waals surface area contributed by atoms with E-state index in [-0.39, 0.29) is 18.1 Å². The van der Waals surface area contributed by atoms with Gasteiger partial charge in [0.2, 0.25) is 0 Å². The van der Waals surface area contributed by atoms with E-state index >= 15 is 0 Å². The van der Waals surface area contributed by atoms with Crippen LogP contribution in [0.5, 0.6) is 0 Å². The maximum Gasteiger partial charge on any atom is 0.251 e. The lowest BCUT2D eigenvalue weighted by molar-refractivity contribution is 0.0722. The summed E-state index contributed by atoms with van der Waals surface area (Å²) in [6, 6.07) is 7.54. The zero-order valence-corrected chi connectivity index (χ0v) is 11.2. The fourth-order valence-corrected chi connectivity index (χ4v) is 2.59. The van der Waals surface area contributed by atoms with Crippen molar-refractivity contribution in [3.8, 4) is 0 Å². The highest BCUT2D eigenvalue weighted by Crippen LogP contribution is 2.22. The summed E-state index contributed by atoms with van der Waals surface area (Å²) in [5, 5.41) is 3.04. The molecule has 2 unspecified atom stereocenters. The standard InChI is InChI=1S/C14H18ClNO2/c1-18-13-7-3-6-12(13)16-14(17)11-5-2-4-10(8-11)9-15/h2,4-5,8,12-13H,3,6-7,9H2,1H3,(H,16,17). The van der Waals surface area contributed by atoms with Gasteiger partial charge in [-0.3, -0.25) is 4.79 Å². The summed E-state index contributed by atoms with van der Waals surface area (Å²) >= 11 is 5.77. The van der Waals surface area contributed by atoms with Gasteiger partial charge in [-0.15, -0.1) is 11.6 Å². The van der Waals surface area contributed by atoms with Crippen molar-refractivity contribution >= 4 is 17.5 Å². The van der Waals surface area contributed by atoms with Crippen LogP contribution >= 0.6 is 11.6 Å². The zero-order chi connectivity index (χ0) is 13.0. The largest absolute Gasteiger partial charge is 0.379 e. The topological polar surface area (TPSA) is 38.3 Å². The Bertz CT molecular complexity index is 422. The first-order valence-electron chi connectivity index (χ1n) is 6.23. The molecule has 1 aromatic rings. The van der Waals surface area contributed by atoms with Gasteiger partial charge in [0.05, 0.1) is 12.1 Å². The van der Waals surface area contributed by atoms with Crippen molar-refractivity contribution in [3.05, 3.63) is 35.4 Å². The fraction of sp³-hybridized carbons (Fsp3) is 0.500. The van der Waals surface area contributed by atoms with Crippen molar-refractivity contribution in [3.63, 3.8) is 0 Å². The third kappa shape index (κ3) is 3.03. The monoisotopic (exact) mass is 267 g/mol. The quantitative estimate of drug-likeness (QED) is 0.852. The number of methoxy groups -OCH3 is 1. The lowest BCUT2D eigenvalue weighted by Gasteiger charge is -2.19. The van der Waals surface area contributed by atoms with Gasteiger partial charge in [-0.1, -0.05) is 12.1 Å². The second-order valence-electron chi connectivity index (χ2n) is 4.62. The summed E-state index contributed by atoms with van der Waals surface area (Å²) in [5.74, 6) is 0.376. The maximum atomic E-state index is 12.1. The number of benzene rings is 1. The number of ether oxygens (including phenoxy) is 1. The molecule has 1 aromatic carbocycles. The van der Waals surface area contributed by atoms with Gasteiger partial charge in [0.1, 0.15) is 0 Å². The Morgan fingerprint density at radius 3 is 3.06 bits per heavy atom. The molecule has 4 heteroatoms. The van der Waals surface area contributed by atoms with E-state index in [1.807, 2.05) is 24.3 Å². The summed E-state index contributed by atoms with van der Waals surface area (Å²) in [6.45, 7) is 0. The number of carbonyl (C=O) groups excluding carboxylic acids is 1. The molecule has 0 heterocycles. The number of nitrogens with one attached hydrogen (secondary N) is 1. The molecule has 1 aliphatic rings. The molecule has 0 aromatic heterocycles. The first-order chi connectivity index (χ1) is 8.74. The molecule has 3 nitrogen and oxygen atoms in total. The summed E-state index contributed by atoms with van der Waals surface area (Å²) in [6.07, 6.45) is 3.25. The number of halogens is 1. The van der Waals surface area contributed by atoms with Crippen molar-refractivity contribution in [2.24, 2.45) is 0 Å². The molecule has 0 saturated heterocycles. The van der Waals surface area contributed by atoms with E-state index in [0.717, 1.165) is 24.8 Å². The van der Waals surface area contributed by atoms with E-state index in [1.165, 1.54) is 0 Å². The highest BCUT2D eigenvalue weighted by molar-refractivity contribution is 6.17. The van der Waals surface area contributed by atoms with E-state index < -0.39 is 0 Å². The lowest BCUT2D eigenvalue weighted by Crippen LogP contribution is -2.40. The van der Waals surface area contributed by atoms with Crippen LogP contribution < -0.4 is 5.32 Å².